The molecule has 0 radical (unpaired) electrons. The van der Waals surface area contributed by atoms with Crippen molar-refractivity contribution in [2.45, 2.75) is 6.92 Å². The Labute approximate surface area is 106 Å². The highest BCUT2D eigenvalue weighted by molar-refractivity contribution is 6.18. The summed E-state index contributed by atoms with van der Waals surface area (Å²) >= 11 is 11.5. The monoisotopic (exact) mass is 256 g/mol. The van der Waals surface area contributed by atoms with E-state index in [4.69, 9.17) is 28.5 Å². The second-order valence-electron chi connectivity index (χ2n) is 3.50. The van der Waals surface area contributed by atoms with Crippen LogP contribution in [0.2, 0.25) is 0 Å². The number of nitriles is 1. The number of halogens is 2. The standard InChI is InChI=1S/C12H14Cl2N2/c1-10-2-3-12(11(8-10)9-15)16(6-4-13)7-5-14/h2-3,8H,4-7H2,1H3. The largest absolute Gasteiger partial charge is 0.368 e. The summed E-state index contributed by atoms with van der Waals surface area (Å²) in [6.07, 6.45) is 0. The van der Waals surface area contributed by atoms with Gasteiger partial charge in [0.05, 0.1) is 11.3 Å². The summed E-state index contributed by atoms with van der Waals surface area (Å²) in [5.74, 6) is 1.05. The molecule has 0 unspecified atom stereocenters. The van der Waals surface area contributed by atoms with Crippen LogP contribution in [0, 0.1) is 18.3 Å². The fourth-order valence-corrected chi connectivity index (χ4v) is 1.98. The van der Waals surface area contributed by atoms with Gasteiger partial charge in [0, 0.05) is 24.8 Å². The van der Waals surface area contributed by atoms with Crippen LogP contribution in [0.3, 0.4) is 0 Å². The molecule has 0 saturated carbocycles. The Bertz CT molecular complexity index is 379. The van der Waals surface area contributed by atoms with E-state index in [0.717, 1.165) is 11.3 Å². The molecule has 4 heteroatoms. The number of anilines is 1. The van der Waals surface area contributed by atoms with Crippen molar-refractivity contribution in [2.24, 2.45) is 0 Å². The molecule has 0 aliphatic rings. The summed E-state index contributed by atoms with van der Waals surface area (Å²) in [5.41, 5.74) is 2.67. The van der Waals surface area contributed by atoms with Gasteiger partial charge in [-0.3, -0.25) is 0 Å². The Morgan fingerprint density at radius 1 is 1.25 bits per heavy atom. The van der Waals surface area contributed by atoms with Gasteiger partial charge in [0.2, 0.25) is 0 Å². The molecule has 0 fully saturated rings. The Balaban J connectivity index is 3.03. The quantitative estimate of drug-likeness (QED) is 0.757. The molecular formula is C12H14Cl2N2. The van der Waals surface area contributed by atoms with Crippen LogP contribution in [0.5, 0.6) is 0 Å². The summed E-state index contributed by atoms with van der Waals surface area (Å²) in [6, 6.07) is 8.03. The van der Waals surface area contributed by atoms with Gasteiger partial charge in [0.1, 0.15) is 6.07 Å². The average Bonchev–Trinajstić information content (AvgIpc) is 2.28. The van der Waals surface area contributed by atoms with Gasteiger partial charge in [-0.2, -0.15) is 5.26 Å². The predicted octanol–water partition coefficient (Wildman–Crippen LogP) is 3.15. The van der Waals surface area contributed by atoms with E-state index in [1.807, 2.05) is 30.0 Å². The normalized spacial score (nSPS) is 9.88. The minimum atomic E-state index is 0.523. The molecule has 0 saturated heterocycles. The molecule has 2 nitrogen and oxygen atoms in total. The van der Waals surface area contributed by atoms with E-state index in [1.165, 1.54) is 0 Å². The molecule has 0 atom stereocenters. The Morgan fingerprint density at radius 2 is 1.88 bits per heavy atom. The van der Waals surface area contributed by atoms with Crippen LogP contribution in [0.25, 0.3) is 0 Å². The van der Waals surface area contributed by atoms with Gasteiger partial charge in [-0.25, -0.2) is 0 Å². The second-order valence-corrected chi connectivity index (χ2v) is 4.25. The fourth-order valence-electron chi connectivity index (χ4n) is 1.57. The van der Waals surface area contributed by atoms with Gasteiger partial charge >= 0.3 is 0 Å². The molecule has 0 aliphatic carbocycles. The third-order valence-corrected chi connectivity index (χ3v) is 2.66. The van der Waals surface area contributed by atoms with Crippen molar-refractivity contribution < 1.29 is 0 Å². The third kappa shape index (κ3) is 3.30. The fraction of sp³-hybridized carbons (Fsp3) is 0.417. The summed E-state index contributed by atoms with van der Waals surface area (Å²) in [7, 11) is 0. The van der Waals surface area contributed by atoms with Crippen LogP contribution < -0.4 is 4.90 Å². The summed E-state index contributed by atoms with van der Waals surface area (Å²) in [6.45, 7) is 3.37. The number of benzene rings is 1. The first-order chi connectivity index (χ1) is 7.72. The van der Waals surface area contributed by atoms with E-state index in [-0.39, 0.29) is 0 Å². The molecule has 0 N–H and O–H groups in total. The average molecular weight is 257 g/mol. The SMILES string of the molecule is Cc1ccc(N(CCCl)CCCl)c(C#N)c1. The zero-order valence-corrected chi connectivity index (χ0v) is 10.7. The van der Waals surface area contributed by atoms with E-state index in [0.29, 0.717) is 30.4 Å². The smallest absolute Gasteiger partial charge is 0.101 e. The minimum Gasteiger partial charge on any atom is -0.368 e. The number of aryl methyl sites for hydroxylation is 1. The van der Waals surface area contributed by atoms with Crippen LogP contribution in [0.1, 0.15) is 11.1 Å². The molecule has 16 heavy (non-hydrogen) atoms. The third-order valence-electron chi connectivity index (χ3n) is 2.32. The zero-order chi connectivity index (χ0) is 12.0. The number of nitrogens with zero attached hydrogens (tertiary/aromatic N) is 2. The highest BCUT2D eigenvalue weighted by atomic mass is 35.5. The minimum absolute atomic E-state index is 0.523. The Morgan fingerprint density at radius 3 is 2.38 bits per heavy atom. The summed E-state index contributed by atoms with van der Waals surface area (Å²) in [5, 5.41) is 9.09. The lowest BCUT2D eigenvalue weighted by Gasteiger charge is -2.24. The van der Waals surface area contributed by atoms with Crippen LogP contribution in [-0.4, -0.2) is 24.8 Å². The van der Waals surface area contributed by atoms with Crippen LogP contribution in [-0.2, 0) is 0 Å². The van der Waals surface area contributed by atoms with Crippen molar-refractivity contribution in [1.29, 1.82) is 5.26 Å². The predicted molar refractivity (Wildman–Crippen MR) is 69.5 cm³/mol. The molecule has 0 aromatic heterocycles. The molecule has 0 heterocycles. The summed E-state index contributed by atoms with van der Waals surface area (Å²) in [4.78, 5) is 2.04. The van der Waals surface area contributed by atoms with Crippen molar-refractivity contribution in [1.82, 2.24) is 0 Å². The number of alkyl halides is 2. The van der Waals surface area contributed by atoms with Gasteiger partial charge in [0.25, 0.3) is 0 Å². The van der Waals surface area contributed by atoms with Crippen LogP contribution in [0.4, 0.5) is 5.69 Å². The van der Waals surface area contributed by atoms with Gasteiger partial charge in [-0.05, 0) is 24.6 Å². The van der Waals surface area contributed by atoms with Gasteiger partial charge in [0.15, 0.2) is 0 Å². The van der Waals surface area contributed by atoms with E-state index < -0.39 is 0 Å². The van der Waals surface area contributed by atoms with Gasteiger partial charge in [-0.15, -0.1) is 23.2 Å². The lowest BCUT2D eigenvalue weighted by Crippen LogP contribution is -2.28. The first kappa shape index (κ1) is 13.2. The van der Waals surface area contributed by atoms with E-state index in [2.05, 4.69) is 6.07 Å². The van der Waals surface area contributed by atoms with Crippen molar-refractivity contribution in [2.75, 3.05) is 29.7 Å². The van der Waals surface area contributed by atoms with Crippen molar-refractivity contribution in [3.8, 4) is 6.07 Å². The maximum Gasteiger partial charge on any atom is 0.101 e. The number of hydrogen-bond donors (Lipinski definition) is 0. The van der Waals surface area contributed by atoms with E-state index >= 15 is 0 Å². The maximum atomic E-state index is 9.09. The lowest BCUT2D eigenvalue weighted by atomic mass is 10.1. The van der Waals surface area contributed by atoms with E-state index in [9.17, 15) is 0 Å². The van der Waals surface area contributed by atoms with Crippen molar-refractivity contribution >= 4 is 28.9 Å². The number of hydrogen-bond acceptors (Lipinski definition) is 2. The zero-order valence-electron chi connectivity index (χ0n) is 9.21. The lowest BCUT2D eigenvalue weighted by molar-refractivity contribution is 0.872. The summed E-state index contributed by atoms with van der Waals surface area (Å²) < 4.78 is 0. The highest BCUT2D eigenvalue weighted by Crippen LogP contribution is 2.21. The highest BCUT2D eigenvalue weighted by Gasteiger charge is 2.10. The van der Waals surface area contributed by atoms with Crippen molar-refractivity contribution in [3.05, 3.63) is 29.3 Å². The molecule has 86 valence electrons. The topological polar surface area (TPSA) is 27.0 Å². The molecule has 0 bridgehead atoms. The Hall–Kier alpha value is -0.910. The molecule has 1 aromatic carbocycles. The van der Waals surface area contributed by atoms with E-state index in [1.54, 1.807) is 0 Å². The Kier molecular flexibility index (Phi) is 5.45. The molecular weight excluding hydrogens is 243 g/mol. The molecule has 0 amide bonds. The molecule has 1 aromatic rings. The van der Waals surface area contributed by atoms with Crippen molar-refractivity contribution in [3.63, 3.8) is 0 Å². The first-order valence-electron chi connectivity index (χ1n) is 5.10. The van der Waals surface area contributed by atoms with Crippen LogP contribution >= 0.6 is 23.2 Å². The molecule has 1 rings (SSSR count). The van der Waals surface area contributed by atoms with Gasteiger partial charge in [-0.1, -0.05) is 6.07 Å². The van der Waals surface area contributed by atoms with Gasteiger partial charge < -0.3 is 4.90 Å². The second kappa shape index (κ2) is 6.62. The molecule has 0 spiro atoms. The first-order valence-corrected chi connectivity index (χ1v) is 6.17. The maximum absolute atomic E-state index is 9.09. The van der Waals surface area contributed by atoms with Crippen LogP contribution in [0.15, 0.2) is 18.2 Å². The number of rotatable bonds is 5. The molecule has 0 aliphatic heterocycles.